The summed E-state index contributed by atoms with van der Waals surface area (Å²) >= 11 is 0. The molecule has 0 heterocycles. The maximum Gasteiger partial charge on any atom is 0.239 e. The Morgan fingerprint density at radius 2 is 1.83 bits per heavy atom. The van der Waals surface area contributed by atoms with E-state index < -0.39 is 15.9 Å². The monoisotopic (exact) mass is 436 g/mol. The average molecular weight is 437 g/mol. The van der Waals surface area contributed by atoms with Crippen molar-refractivity contribution in [1.29, 1.82) is 0 Å². The van der Waals surface area contributed by atoms with Gasteiger partial charge in [-0.25, -0.2) is 8.42 Å². The van der Waals surface area contributed by atoms with E-state index in [1.165, 1.54) is 6.42 Å². The molecule has 2 aliphatic rings. The molecule has 2 fully saturated rings. The third-order valence-corrected chi connectivity index (χ3v) is 8.78. The summed E-state index contributed by atoms with van der Waals surface area (Å²) in [7, 11) is -1.36. The summed E-state index contributed by atoms with van der Waals surface area (Å²) in [6.45, 7) is 2.57. The summed E-state index contributed by atoms with van der Waals surface area (Å²) in [5, 5.41) is 0. The van der Waals surface area contributed by atoms with Crippen LogP contribution in [0.3, 0.4) is 0 Å². The van der Waals surface area contributed by atoms with Gasteiger partial charge in [-0.3, -0.25) is 4.79 Å². The number of nitrogens with zero attached hydrogens (tertiary/aromatic N) is 1. The SMILES string of the molecule is CCS(=O)(=O)c1ccccc1COCC1CCC([C@H](N)C(=O)N(C)C2CCC2)CC1. The molecule has 0 aliphatic heterocycles. The van der Waals surface area contributed by atoms with Gasteiger partial charge in [-0.15, -0.1) is 0 Å². The van der Waals surface area contributed by atoms with Crippen molar-refractivity contribution in [2.75, 3.05) is 19.4 Å². The normalized spacial score (nSPS) is 23.6. The van der Waals surface area contributed by atoms with Gasteiger partial charge in [0.25, 0.3) is 0 Å². The highest BCUT2D eigenvalue weighted by atomic mass is 32.2. The molecule has 6 nitrogen and oxygen atoms in total. The standard InChI is InChI=1S/C23H36N2O4S/c1-3-30(27,28)21-10-5-4-7-19(21)16-29-15-17-11-13-18(14-12-17)22(24)23(26)25(2)20-8-6-9-20/h4-5,7,10,17-18,20,22H,3,6,8-9,11-16,24H2,1-2H3/t17?,18?,22-/m0/s1. The van der Waals surface area contributed by atoms with Crippen molar-refractivity contribution in [3.63, 3.8) is 0 Å². The second-order valence-electron chi connectivity index (χ2n) is 8.87. The number of ether oxygens (including phenoxy) is 1. The van der Waals surface area contributed by atoms with E-state index in [0.29, 0.717) is 30.1 Å². The third kappa shape index (κ3) is 5.42. The molecule has 3 rings (SSSR count). The summed E-state index contributed by atoms with van der Waals surface area (Å²) < 4.78 is 30.4. The highest BCUT2D eigenvalue weighted by Crippen LogP contribution is 2.32. The topological polar surface area (TPSA) is 89.7 Å². The van der Waals surface area contributed by atoms with Gasteiger partial charge in [0.15, 0.2) is 9.84 Å². The van der Waals surface area contributed by atoms with Crippen LogP contribution in [0.1, 0.15) is 57.4 Å². The lowest BCUT2D eigenvalue weighted by atomic mass is 9.78. The fourth-order valence-corrected chi connectivity index (χ4v) is 5.65. The first kappa shape index (κ1) is 23.2. The lowest BCUT2D eigenvalue weighted by Gasteiger charge is -2.38. The maximum atomic E-state index is 12.7. The molecule has 30 heavy (non-hydrogen) atoms. The second kappa shape index (κ2) is 10.2. The van der Waals surface area contributed by atoms with Crippen molar-refractivity contribution in [3.05, 3.63) is 29.8 Å². The van der Waals surface area contributed by atoms with Crippen molar-refractivity contribution in [2.24, 2.45) is 17.6 Å². The van der Waals surface area contributed by atoms with Crippen LogP contribution in [0.5, 0.6) is 0 Å². The van der Waals surface area contributed by atoms with Crippen molar-refractivity contribution in [3.8, 4) is 0 Å². The van der Waals surface area contributed by atoms with Gasteiger partial charge in [-0.05, 0) is 68.4 Å². The molecule has 1 aromatic carbocycles. The van der Waals surface area contributed by atoms with E-state index >= 15 is 0 Å². The Bertz CT molecular complexity index is 814. The van der Waals surface area contributed by atoms with Crippen LogP contribution in [0.2, 0.25) is 0 Å². The van der Waals surface area contributed by atoms with Crippen molar-refractivity contribution >= 4 is 15.7 Å². The smallest absolute Gasteiger partial charge is 0.239 e. The number of hydrogen-bond donors (Lipinski definition) is 1. The van der Waals surface area contributed by atoms with Crippen LogP contribution in [-0.4, -0.2) is 50.7 Å². The van der Waals surface area contributed by atoms with E-state index in [-0.39, 0.29) is 17.6 Å². The van der Waals surface area contributed by atoms with E-state index in [1.54, 1.807) is 19.1 Å². The number of sulfone groups is 1. The van der Waals surface area contributed by atoms with Gasteiger partial charge in [-0.2, -0.15) is 0 Å². The molecular formula is C23H36N2O4S. The number of benzene rings is 1. The first-order valence-electron chi connectivity index (χ1n) is 11.2. The molecular weight excluding hydrogens is 400 g/mol. The van der Waals surface area contributed by atoms with Gasteiger partial charge < -0.3 is 15.4 Å². The zero-order valence-electron chi connectivity index (χ0n) is 18.3. The number of nitrogens with two attached hydrogens (primary N) is 1. The molecule has 1 amide bonds. The number of amides is 1. The van der Waals surface area contributed by atoms with Crippen LogP contribution >= 0.6 is 0 Å². The zero-order chi connectivity index (χ0) is 21.7. The number of likely N-dealkylation sites (N-methyl/N-ethyl adjacent to an activating group) is 1. The first-order chi connectivity index (χ1) is 14.3. The number of hydrogen-bond acceptors (Lipinski definition) is 5. The Hall–Kier alpha value is -1.44. The predicted octanol–water partition coefficient (Wildman–Crippen LogP) is 3.14. The Labute approximate surface area is 181 Å². The van der Waals surface area contributed by atoms with Crippen LogP contribution in [0.25, 0.3) is 0 Å². The van der Waals surface area contributed by atoms with Crippen molar-refractivity contribution < 1.29 is 17.9 Å². The molecule has 1 atom stereocenters. The summed E-state index contributed by atoms with van der Waals surface area (Å²) in [5.74, 6) is 0.853. The molecule has 0 saturated heterocycles. The molecule has 2 aliphatic carbocycles. The number of carbonyl (C=O) groups is 1. The van der Waals surface area contributed by atoms with E-state index in [4.69, 9.17) is 10.5 Å². The fraction of sp³-hybridized carbons (Fsp3) is 0.696. The number of rotatable bonds is 9. The molecule has 0 unspecified atom stereocenters. The van der Waals surface area contributed by atoms with Gasteiger partial charge in [-0.1, -0.05) is 25.1 Å². The minimum absolute atomic E-state index is 0.0862. The minimum atomic E-state index is -3.25. The highest BCUT2D eigenvalue weighted by Gasteiger charge is 2.34. The molecule has 2 saturated carbocycles. The van der Waals surface area contributed by atoms with E-state index in [0.717, 1.165) is 44.1 Å². The largest absolute Gasteiger partial charge is 0.376 e. The molecule has 0 aromatic heterocycles. The summed E-state index contributed by atoms with van der Waals surface area (Å²) in [4.78, 5) is 14.9. The molecule has 0 radical (unpaired) electrons. The van der Waals surface area contributed by atoms with Crippen LogP contribution in [-0.2, 0) is 26.0 Å². The van der Waals surface area contributed by atoms with Crippen molar-refractivity contribution in [2.45, 2.75) is 75.5 Å². The fourth-order valence-electron chi connectivity index (χ4n) is 4.52. The maximum absolute atomic E-state index is 12.7. The van der Waals surface area contributed by atoms with Gasteiger partial charge in [0.05, 0.1) is 23.3 Å². The van der Waals surface area contributed by atoms with Gasteiger partial charge in [0.1, 0.15) is 0 Å². The Balaban J connectivity index is 1.44. The highest BCUT2D eigenvalue weighted by molar-refractivity contribution is 7.91. The van der Waals surface area contributed by atoms with Gasteiger partial charge in [0, 0.05) is 19.7 Å². The van der Waals surface area contributed by atoms with Crippen LogP contribution < -0.4 is 5.73 Å². The predicted molar refractivity (Wildman–Crippen MR) is 118 cm³/mol. The third-order valence-electron chi connectivity index (χ3n) is 6.95. The Kier molecular flexibility index (Phi) is 7.93. The second-order valence-corrected chi connectivity index (χ2v) is 11.1. The van der Waals surface area contributed by atoms with Crippen LogP contribution in [0.15, 0.2) is 29.2 Å². The quantitative estimate of drug-likeness (QED) is 0.642. The first-order valence-corrected chi connectivity index (χ1v) is 12.9. The Morgan fingerprint density at radius 3 is 2.43 bits per heavy atom. The van der Waals surface area contributed by atoms with Crippen LogP contribution in [0.4, 0.5) is 0 Å². The Morgan fingerprint density at radius 1 is 1.17 bits per heavy atom. The lowest BCUT2D eigenvalue weighted by Crippen LogP contribution is -2.52. The summed E-state index contributed by atoms with van der Waals surface area (Å²) in [6.07, 6.45) is 7.28. The van der Waals surface area contributed by atoms with E-state index in [2.05, 4.69) is 0 Å². The van der Waals surface area contributed by atoms with Gasteiger partial charge >= 0.3 is 0 Å². The van der Waals surface area contributed by atoms with Gasteiger partial charge in [0.2, 0.25) is 5.91 Å². The van der Waals surface area contributed by atoms with Crippen molar-refractivity contribution in [1.82, 2.24) is 4.90 Å². The summed E-state index contributed by atoms with van der Waals surface area (Å²) in [5.41, 5.74) is 7.04. The molecule has 1 aromatic rings. The summed E-state index contributed by atoms with van der Waals surface area (Å²) in [6, 6.07) is 7.05. The van der Waals surface area contributed by atoms with E-state index in [1.807, 2.05) is 24.1 Å². The average Bonchev–Trinajstić information content (AvgIpc) is 2.72. The minimum Gasteiger partial charge on any atom is -0.376 e. The molecule has 0 bridgehead atoms. The van der Waals surface area contributed by atoms with E-state index in [9.17, 15) is 13.2 Å². The zero-order valence-corrected chi connectivity index (χ0v) is 19.1. The molecule has 0 spiro atoms. The number of carbonyl (C=O) groups excluding carboxylic acids is 1. The van der Waals surface area contributed by atoms with Crippen LogP contribution in [0, 0.1) is 11.8 Å². The molecule has 2 N–H and O–H groups in total. The molecule has 168 valence electrons. The molecule has 7 heteroatoms. The lowest BCUT2D eigenvalue weighted by molar-refractivity contribution is -0.136.